The molecule has 10 heteroatoms. The topological polar surface area (TPSA) is 129 Å². The number of amides is 2. The summed E-state index contributed by atoms with van der Waals surface area (Å²) in [6, 6.07) is 17.4. The van der Waals surface area contributed by atoms with E-state index in [1.165, 1.54) is 0 Å². The van der Waals surface area contributed by atoms with Crippen molar-refractivity contribution >= 4 is 23.6 Å². The van der Waals surface area contributed by atoms with Crippen LogP contribution in [0.5, 0.6) is 5.75 Å². The second-order valence-corrected chi connectivity index (χ2v) is 9.35. The Morgan fingerprint density at radius 3 is 2.92 bits per heavy atom. The summed E-state index contributed by atoms with van der Waals surface area (Å²) in [5.41, 5.74) is 3.47. The van der Waals surface area contributed by atoms with E-state index in [0.29, 0.717) is 35.9 Å². The molecule has 2 fully saturated rings. The molecule has 3 aromatic rings. The number of pyridine rings is 2. The summed E-state index contributed by atoms with van der Waals surface area (Å²) < 4.78 is 11.1. The van der Waals surface area contributed by atoms with Gasteiger partial charge in [-0.15, -0.1) is 0 Å². The monoisotopic (exact) mass is 496 g/mol. The molecule has 2 aromatic heterocycles. The zero-order valence-corrected chi connectivity index (χ0v) is 19.9. The van der Waals surface area contributed by atoms with E-state index in [1.807, 2.05) is 18.2 Å². The summed E-state index contributed by atoms with van der Waals surface area (Å²) in [5, 5.41) is 15.3. The van der Waals surface area contributed by atoms with Crippen molar-refractivity contribution in [2.45, 2.75) is 44.0 Å². The summed E-state index contributed by atoms with van der Waals surface area (Å²) in [7, 11) is 0. The minimum atomic E-state index is -0.422. The van der Waals surface area contributed by atoms with Gasteiger partial charge in [-0.3, -0.25) is 14.7 Å². The molecule has 3 aliphatic rings. The number of hydrogen-bond acceptors (Lipinski definition) is 8. The van der Waals surface area contributed by atoms with Crippen molar-refractivity contribution in [3.63, 3.8) is 0 Å². The molecule has 1 aromatic carbocycles. The van der Waals surface area contributed by atoms with Crippen molar-refractivity contribution < 1.29 is 19.1 Å². The maximum atomic E-state index is 12.8. The number of nitriles is 1. The predicted octanol–water partition coefficient (Wildman–Crippen LogP) is 3.38. The molecule has 1 saturated heterocycles. The van der Waals surface area contributed by atoms with Crippen LogP contribution in [0, 0.1) is 11.3 Å². The van der Waals surface area contributed by atoms with Crippen molar-refractivity contribution in [3.8, 4) is 23.1 Å². The molecular formula is C27H24N6O4. The molecule has 0 radical (unpaired) electrons. The van der Waals surface area contributed by atoms with Crippen LogP contribution in [-0.4, -0.2) is 46.8 Å². The summed E-state index contributed by atoms with van der Waals surface area (Å²) in [6.45, 7) is 0.630. The number of carbonyl (C=O) groups is 2. The van der Waals surface area contributed by atoms with Gasteiger partial charge in [-0.25, -0.2) is 9.78 Å². The number of ether oxygens (including phenoxy) is 2. The normalized spacial score (nSPS) is 22.2. The number of nitrogens with zero attached hydrogens (tertiary/aromatic N) is 4. The molecule has 1 saturated carbocycles. The molecule has 3 atom stereocenters. The third-order valence-corrected chi connectivity index (χ3v) is 6.95. The van der Waals surface area contributed by atoms with Crippen LogP contribution in [0.2, 0.25) is 0 Å². The molecule has 6 rings (SSSR count). The molecule has 4 heterocycles. The Morgan fingerprint density at radius 1 is 1.16 bits per heavy atom. The fraction of sp³-hybridized carbons (Fsp3) is 0.296. The average molecular weight is 497 g/mol. The smallest absolute Gasteiger partial charge is 0.416 e. The first-order chi connectivity index (χ1) is 18.1. The van der Waals surface area contributed by atoms with Gasteiger partial charge in [0.2, 0.25) is 0 Å². The van der Waals surface area contributed by atoms with E-state index in [9.17, 15) is 9.59 Å². The van der Waals surface area contributed by atoms with Gasteiger partial charge in [0, 0.05) is 30.8 Å². The zero-order chi connectivity index (χ0) is 25.4. The van der Waals surface area contributed by atoms with Crippen molar-refractivity contribution in [1.29, 1.82) is 5.26 Å². The van der Waals surface area contributed by atoms with Crippen LogP contribution < -0.4 is 20.3 Å². The molecule has 186 valence electrons. The predicted molar refractivity (Wildman–Crippen MR) is 134 cm³/mol. The molecule has 2 N–H and O–H groups in total. The summed E-state index contributed by atoms with van der Waals surface area (Å²) in [5.74, 6) is 0.976. The lowest BCUT2D eigenvalue weighted by Crippen LogP contribution is -2.46. The van der Waals surface area contributed by atoms with Gasteiger partial charge in [0.1, 0.15) is 18.0 Å². The standard InChI is InChI=1S/C27H24N6O4/c28-12-17-4-6-20(30-14-17)18-3-1-2-16(10-18)13-29-19-5-7-21-23(11-19)37-27(35)33(21)24-9-8-22-26(31-24)32-25(34)15-36-22/h1-4,6,8-10,14,19,21,23,29H,5,7,11,13,15H2,(H,31,32,34)/t19-,21-,23?/m0/s1. The Balaban J connectivity index is 1.09. The highest BCUT2D eigenvalue weighted by molar-refractivity contribution is 5.95. The van der Waals surface area contributed by atoms with E-state index in [-0.39, 0.29) is 30.7 Å². The second kappa shape index (κ2) is 9.52. The fourth-order valence-corrected chi connectivity index (χ4v) is 5.13. The van der Waals surface area contributed by atoms with Crippen molar-refractivity contribution in [2.75, 3.05) is 16.8 Å². The maximum absolute atomic E-state index is 12.8. The van der Waals surface area contributed by atoms with E-state index in [1.54, 1.807) is 29.3 Å². The molecule has 0 bridgehead atoms. The maximum Gasteiger partial charge on any atom is 0.416 e. The number of hydrogen-bond donors (Lipinski definition) is 2. The fourth-order valence-electron chi connectivity index (χ4n) is 5.13. The number of benzene rings is 1. The Morgan fingerprint density at radius 2 is 2.08 bits per heavy atom. The molecular weight excluding hydrogens is 472 g/mol. The van der Waals surface area contributed by atoms with E-state index in [4.69, 9.17) is 14.7 Å². The molecule has 10 nitrogen and oxygen atoms in total. The number of anilines is 2. The van der Waals surface area contributed by atoms with Crippen LogP contribution in [0.15, 0.2) is 54.7 Å². The van der Waals surface area contributed by atoms with Gasteiger partial charge in [-0.1, -0.05) is 18.2 Å². The van der Waals surface area contributed by atoms with Crippen molar-refractivity contribution in [1.82, 2.24) is 15.3 Å². The Hall–Kier alpha value is -4.49. The lowest BCUT2D eigenvalue weighted by atomic mass is 9.88. The lowest BCUT2D eigenvalue weighted by molar-refractivity contribution is -0.118. The van der Waals surface area contributed by atoms with E-state index in [0.717, 1.165) is 29.7 Å². The van der Waals surface area contributed by atoms with Crippen LogP contribution >= 0.6 is 0 Å². The van der Waals surface area contributed by atoms with Gasteiger partial charge in [0.25, 0.3) is 5.91 Å². The third kappa shape index (κ3) is 4.57. The van der Waals surface area contributed by atoms with Gasteiger partial charge in [0.05, 0.1) is 17.3 Å². The average Bonchev–Trinajstić information content (AvgIpc) is 3.26. The minimum absolute atomic E-state index is 0.0461. The lowest BCUT2D eigenvalue weighted by Gasteiger charge is -2.33. The Labute approximate surface area is 213 Å². The number of nitrogens with one attached hydrogen (secondary N) is 2. The summed E-state index contributed by atoms with van der Waals surface area (Å²) in [6.07, 6.45) is 3.27. The minimum Gasteiger partial charge on any atom is -0.480 e. The highest BCUT2D eigenvalue weighted by Gasteiger charge is 2.46. The van der Waals surface area contributed by atoms with Gasteiger partial charge in [-0.05, 0) is 48.7 Å². The van der Waals surface area contributed by atoms with Gasteiger partial charge < -0.3 is 20.1 Å². The zero-order valence-electron chi connectivity index (χ0n) is 19.9. The van der Waals surface area contributed by atoms with Crippen LogP contribution in [0.1, 0.15) is 30.4 Å². The largest absolute Gasteiger partial charge is 0.480 e. The van der Waals surface area contributed by atoms with E-state index < -0.39 is 6.09 Å². The van der Waals surface area contributed by atoms with Crippen LogP contribution in [0.3, 0.4) is 0 Å². The molecule has 1 unspecified atom stereocenters. The molecule has 2 aliphatic heterocycles. The van der Waals surface area contributed by atoms with Gasteiger partial charge >= 0.3 is 6.09 Å². The molecule has 0 spiro atoms. The first kappa shape index (κ1) is 22.9. The summed E-state index contributed by atoms with van der Waals surface area (Å²) >= 11 is 0. The molecule has 37 heavy (non-hydrogen) atoms. The Kier molecular flexibility index (Phi) is 5.90. The molecule has 2 amide bonds. The van der Waals surface area contributed by atoms with Crippen LogP contribution in [0.4, 0.5) is 16.4 Å². The van der Waals surface area contributed by atoms with Crippen LogP contribution in [0.25, 0.3) is 11.3 Å². The first-order valence-corrected chi connectivity index (χ1v) is 12.2. The Bertz CT molecular complexity index is 1400. The van der Waals surface area contributed by atoms with Gasteiger partial charge in [-0.2, -0.15) is 5.26 Å². The van der Waals surface area contributed by atoms with Crippen molar-refractivity contribution in [2.24, 2.45) is 0 Å². The van der Waals surface area contributed by atoms with Crippen LogP contribution in [-0.2, 0) is 16.1 Å². The number of rotatable bonds is 5. The van der Waals surface area contributed by atoms with Crippen molar-refractivity contribution in [3.05, 3.63) is 65.9 Å². The first-order valence-electron chi connectivity index (χ1n) is 12.2. The number of aromatic nitrogens is 2. The van der Waals surface area contributed by atoms with E-state index >= 15 is 0 Å². The third-order valence-electron chi connectivity index (χ3n) is 6.95. The number of carbonyl (C=O) groups excluding carboxylic acids is 2. The second-order valence-electron chi connectivity index (χ2n) is 9.35. The highest BCUT2D eigenvalue weighted by atomic mass is 16.6. The highest BCUT2D eigenvalue weighted by Crippen LogP contribution is 2.37. The molecule has 1 aliphatic carbocycles. The number of fused-ring (bicyclic) bond motifs is 2. The van der Waals surface area contributed by atoms with E-state index in [2.05, 4.69) is 38.8 Å². The SMILES string of the molecule is N#Cc1ccc(-c2cccc(CN[C@H]3CC[C@H]4C(C3)OC(=O)N4c3ccc4c(n3)NC(=O)CO4)c2)nc1. The quantitative estimate of drug-likeness (QED) is 0.550. The summed E-state index contributed by atoms with van der Waals surface area (Å²) in [4.78, 5) is 34.9. The van der Waals surface area contributed by atoms with Gasteiger partial charge in [0.15, 0.2) is 18.2 Å².